The average molecular weight is 233 g/mol. The third-order valence-electron chi connectivity index (χ3n) is 3.42. The number of nitrogens with zero attached hydrogens (tertiary/aromatic N) is 1. The molecule has 0 bridgehead atoms. The molecule has 17 heavy (non-hydrogen) atoms. The number of carbonyl (C=O) groups excluding carboxylic acids is 1. The highest BCUT2D eigenvalue weighted by Gasteiger charge is 2.26. The Morgan fingerprint density at radius 1 is 1.47 bits per heavy atom. The van der Waals surface area contributed by atoms with E-state index >= 15 is 0 Å². The molecule has 0 spiro atoms. The molecule has 1 fully saturated rings. The van der Waals surface area contributed by atoms with Gasteiger partial charge in [-0.15, -0.1) is 0 Å². The topological polar surface area (TPSA) is 40.5 Å². The van der Waals surface area contributed by atoms with E-state index < -0.39 is 0 Å². The first kappa shape index (κ1) is 12.1. The van der Waals surface area contributed by atoms with E-state index in [1.807, 2.05) is 31.2 Å². The van der Waals surface area contributed by atoms with Crippen molar-refractivity contribution >= 4 is 11.5 Å². The highest BCUT2D eigenvalue weighted by Crippen LogP contribution is 2.29. The third kappa shape index (κ3) is 2.34. The predicted molar refractivity (Wildman–Crippen MR) is 68.5 cm³/mol. The van der Waals surface area contributed by atoms with Crippen LogP contribution < -0.4 is 4.90 Å². The molecular weight excluding hydrogens is 214 g/mol. The Morgan fingerprint density at radius 3 is 2.94 bits per heavy atom. The van der Waals surface area contributed by atoms with Crippen LogP contribution in [0.2, 0.25) is 0 Å². The summed E-state index contributed by atoms with van der Waals surface area (Å²) in [6.45, 7) is 2.97. The van der Waals surface area contributed by atoms with Crippen molar-refractivity contribution in [2.24, 2.45) is 0 Å². The van der Waals surface area contributed by atoms with Crippen LogP contribution in [0.25, 0.3) is 0 Å². The zero-order valence-corrected chi connectivity index (χ0v) is 10.2. The molecule has 1 saturated heterocycles. The van der Waals surface area contributed by atoms with Gasteiger partial charge in [0.05, 0.1) is 12.6 Å². The molecule has 0 radical (unpaired) electrons. The lowest BCUT2D eigenvalue weighted by molar-refractivity contribution is 0.0988. The van der Waals surface area contributed by atoms with Crippen LogP contribution in [0, 0.1) is 0 Å². The number of hydrogen-bond acceptors (Lipinski definition) is 3. The third-order valence-corrected chi connectivity index (χ3v) is 3.42. The number of Topliss-reactive ketones (excluding diaryl/α,β-unsaturated/α-hetero) is 1. The Kier molecular flexibility index (Phi) is 3.79. The summed E-state index contributed by atoms with van der Waals surface area (Å²) in [6, 6.07) is 7.89. The zero-order chi connectivity index (χ0) is 12.3. The van der Waals surface area contributed by atoms with Crippen molar-refractivity contribution in [1.29, 1.82) is 0 Å². The number of rotatable bonds is 4. The van der Waals surface area contributed by atoms with Crippen molar-refractivity contribution in [2.45, 2.75) is 32.2 Å². The van der Waals surface area contributed by atoms with Crippen molar-refractivity contribution < 1.29 is 9.90 Å². The quantitative estimate of drug-likeness (QED) is 0.811. The van der Waals surface area contributed by atoms with Crippen LogP contribution in [0.4, 0.5) is 5.69 Å². The maximum absolute atomic E-state index is 11.9. The van der Waals surface area contributed by atoms with E-state index in [4.69, 9.17) is 0 Å². The highest BCUT2D eigenvalue weighted by molar-refractivity contribution is 6.01. The Bertz CT molecular complexity index is 403. The molecule has 0 amide bonds. The molecule has 2 rings (SSSR count). The lowest BCUT2D eigenvalue weighted by atomic mass is 10.1. The summed E-state index contributed by atoms with van der Waals surface area (Å²) >= 11 is 0. The highest BCUT2D eigenvalue weighted by atomic mass is 16.3. The SMILES string of the molecule is CCC(=O)c1ccccc1N1CCCC1CO. The molecule has 1 aliphatic rings. The number of aliphatic hydroxyl groups excluding tert-OH is 1. The van der Waals surface area contributed by atoms with Crippen molar-refractivity contribution in [3.63, 3.8) is 0 Å². The van der Waals surface area contributed by atoms with Gasteiger partial charge in [0, 0.05) is 24.2 Å². The van der Waals surface area contributed by atoms with Gasteiger partial charge in [-0.2, -0.15) is 0 Å². The maximum Gasteiger partial charge on any atom is 0.164 e. The van der Waals surface area contributed by atoms with E-state index in [0.717, 1.165) is 30.6 Å². The molecule has 1 aromatic rings. The smallest absolute Gasteiger partial charge is 0.164 e. The fourth-order valence-corrected chi connectivity index (χ4v) is 2.49. The van der Waals surface area contributed by atoms with Crippen LogP contribution in [0.15, 0.2) is 24.3 Å². The van der Waals surface area contributed by atoms with E-state index in [-0.39, 0.29) is 18.4 Å². The first-order valence-corrected chi connectivity index (χ1v) is 6.27. The van der Waals surface area contributed by atoms with E-state index in [1.165, 1.54) is 0 Å². The van der Waals surface area contributed by atoms with Gasteiger partial charge in [-0.25, -0.2) is 0 Å². The number of benzene rings is 1. The number of ketones is 1. The van der Waals surface area contributed by atoms with Gasteiger partial charge in [0.1, 0.15) is 0 Å². The molecule has 0 aliphatic carbocycles. The first-order chi connectivity index (χ1) is 8.27. The summed E-state index contributed by atoms with van der Waals surface area (Å²) in [4.78, 5) is 14.1. The standard InChI is InChI=1S/C14H19NO2/c1-2-14(17)12-7-3-4-8-13(12)15-9-5-6-11(15)10-16/h3-4,7-8,11,16H,2,5-6,9-10H2,1H3. The number of anilines is 1. The monoisotopic (exact) mass is 233 g/mol. The first-order valence-electron chi connectivity index (χ1n) is 6.27. The molecule has 3 nitrogen and oxygen atoms in total. The summed E-state index contributed by atoms with van der Waals surface area (Å²) in [5.74, 6) is 0.171. The molecule has 0 saturated carbocycles. The van der Waals surface area contributed by atoms with Crippen LogP contribution >= 0.6 is 0 Å². The molecule has 1 aliphatic heterocycles. The molecule has 1 N–H and O–H groups in total. The van der Waals surface area contributed by atoms with Gasteiger partial charge in [0.25, 0.3) is 0 Å². The number of aliphatic hydroxyl groups is 1. The molecule has 92 valence electrons. The van der Waals surface area contributed by atoms with Crippen molar-refractivity contribution in [3.05, 3.63) is 29.8 Å². The second-order valence-corrected chi connectivity index (χ2v) is 4.47. The largest absolute Gasteiger partial charge is 0.394 e. The Labute approximate surface area is 102 Å². The van der Waals surface area contributed by atoms with Crippen LogP contribution in [0.5, 0.6) is 0 Å². The minimum absolute atomic E-state index is 0.161. The lowest BCUT2D eigenvalue weighted by Gasteiger charge is -2.27. The summed E-state index contributed by atoms with van der Waals surface area (Å²) < 4.78 is 0. The number of carbonyl (C=O) groups is 1. The Balaban J connectivity index is 2.34. The molecule has 0 aromatic heterocycles. The number of para-hydroxylation sites is 1. The summed E-state index contributed by atoms with van der Waals surface area (Å²) in [7, 11) is 0. The minimum Gasteiger partial charge on any atom is -0.394 e. The summed E-state index contributed by atoms with van der Waals surface area (Å²) in [5, 5.41) is 9.36. The maximum atomic E-state index is 11.9. The van der Waals surface area contributed by atoms with Gasteiger partial charge in [-0.1, -0.05) is 19.1 Å². The molecule has 1 unspecified atom stereocenters. The van der Waals surface area contributed by atoms with Crippen molar-refractivity contribution in [3.8, 4) is 0 Å². The fourth-order valence-electron chi connectivity index (χ4n) is 2.49. The van der Waals surface area contributed by atoms with Crippen molar-refractivity contribution in [2.75, 3.05) is 18.1 Å². The Morgan fingerprint density at radius 2 is 2.24 bits per heavy atom. The van der Waals surface area contributed by atoms with Crippen LogP contribution in [-0.4, -0.2) is 30.1 Å². The normalized spacial score (nSPS) is 19.6. The van der Waals surface area contributed by atoms with E-state index in [0.29, 0.717) is 6.42 Å². The summed E-state index contributed by atoms with van der Waals surface area (Å²) in [6.07, 6.45) is 2.61. The van der Waals surface area contributed by atoms with Crippen molar-refractivity contribution in [1.82, 2.24) is 0 Å². The molecule has 1 aromatic carbocycles. The van der Waals surface area contributed by atoms with Crippen LogP contribution in [-0.2, 0) is 0 Å². The zero-order valence-electron chi connectivity index (χ0n) is 10.2. The molecular formula is C14H19NO2. The van der Waals surface area contributed by atoms with Gasteiger partial charge < -0.3 is 10.0 Å². The van der Waals surface area contributed by atoms with Crippen LogP contribution in [0.1, 0.15) is 36.5 Å². The second kappa shape index (κ2) is 5.32. The number of hydrogen-bond donors (Lipinski definition) is 1. The van der Waals surface area contributed by atoms with Gasteiger partial charge in [-0.05, 0) is 25.0 Å². The lowest BCUT2D eigenvalue weighted by Crippen LogP contribution is -2.33. The summed E-state index contributed by atoms with van der Waals surface area (Å²) in [5.41, 5.74) is 1.77. The fraction of sp³-hybridized carbons (Fsp3) is 0.500. The van der Waals surface area contributed by atoms with E-state index in [2.05, 4.69) is 4.90 Å². The van der Waals surface area contributed by atoms with E-state index in [1.54, 1.807) is 0 Å². The minimum atomic E-state index is 0.161. The average Bonchev–Trinajstić information content (AvgIpc) is 2.86. The van der Waals surface area contributed by atoms with Crippen LogP contribution in [0.3, 0.4) is 0 Å². The molecule has 3 heteroatoms. The van der Waals surface area contributed by atoms with Gasteiger partial charge in [-0.3, -0.25) is 4.79 Å². The van der Waals surface area contributed by atoms with E-state index in [9.17, 15) is 9.90 Å². The van der Waals surface area contributed by atoms with Gasteiger partial charge in [0.15, 0.2) is 5.78 Å². The second-order valence-electron chi connectivity index (χ2n) is 4.47. The van der Waals surface area contributed by atoms with Gasteiger partial charge in [0.2, 0.25) is 0 Å². The molecule has 1 atom stereocenters. The Hall–Kier alpha value is -1.35. The predicted octanol–water partition coefficient (Wildman–Crippen LogP) is 2.24. The molecule has 1 heterocycles. The van der Waals surface area contributed by atoms with Gasteiger partial charge >= 0.3 is 0 Å².